The highest BCUT2D eigenvalue weighted by atomic mass is 16.5. The minimum atomic E-state index is -1.14. The van der Waals surface area contributed by atoms with Crippen LogP contribution in [0.1, 0.15) is 16.1 Å². The molecule has 0 fully saturated rings. The molecule has 1 aromatic carbocycles. The van der Waals surface area contributed by atoms with Gasteiger partial charge < -0.3 is 14.9 Å². The van der Waals surface area contributed by atoms with Crippen LogP contribution in [0, 0.1) is 0 Å². The van der Waals surface area contributed by atoms with Crippen LogP contribution in [0.3, 0.4) is 0 Å². The summed E-state index contributed by atoms with van der Waals surface area (Å²) in [7, 11) is 0. The molecule has 0 saturated heterocycles. The van der Waals surface area contributed by atoms with Gasteiger partial charge in [0.15, 0.2) is 5.69 Å². The van der Waals surface area contributed by atoms with E-state index in [9.17, 15) is 4.79 Å². The second kappa shape index (κ2) is 5.24. The lowest BCUT2D eigenvalue weighted by molar-refractivity contribution is 0.0690. The summed E-state index contributed by atoms with van der Waals surface area (Å²) in [5, 5.41) is 17.5. The van der Waals surface area contributed by atoms with Gasteiger partial charge in [0, 0.05) is 0 Å². The summed E-state index contributed by atoms with van der Waals surface area (Å²) < 4.78 is 5.36. The molecule has 0 amide bonds. The number of carbonyl (C=O) groups is 1. The van der Waals surface area contributed by atoms with Gasteiger partial charge in [-0.25, -0.2) is 14.8 Å². The first-order valence-electron chi connectivity index (χ1n) is 5.12. The number of carboxylic acids is 1. The molecule has 0 radical (unpaired) electrons. The summed E-state index contributed by atoms with van der Waals surface area (Å²) in [5.74, 6) is -0.400. The van der Waals surface area contributed by atoms with Gasteiger partial charge in [0.25, 0.3) is 0 Å². The van der Waals surface area contributed by atoms with E-state index in [1.165, 1.54) is 6.20 Å². The Kier molecular flexibility index (Phi) is 3.49. The van der Waals surface area contributed by atoms with E-state index >= 15 is 0 Å². The molecule has 2 N–H and O–H groups in total. The fourth-order valence-electron chi connectivity index (χ4n) is 1.26. The first kappa shape index (κ1) is 12.0. The topological polar surface area (TPSA) is 92.5 Å². The van der Waals surface area contributed by atoms with Gasteiger partial charge in [-0.15, -0.1) is 0 Å². The monoisotopic (exact) mass is 246 g/mol. The van der Waals surface area contributed by atoms with Crippen molar-refractivity contribution in [3.8, 4) is 11.6 Å². The van der Waals surface area contributed by atoms with Gasteiger partial charge in [-0.05, 0) is 17.7 Å². The van der Waals surface area contributed by atoms with E-state index in [1.807, 2.05) is 0 Å². The highest BCUT2D eigenvalue weighted by Gasteiger charge is 2.05. The van der Waals surface area contributed by atoms with Gasteiger partial charge in [-0.1, -0.05) is 12.1 Å². The summed E-state index contributed by atoms with van der Waals surface area (Å²) in [6, 6.07) is 6.79. The Bertz CT molecular complexity index is 537. The summed E-state index contributed by atoms with van der Waals surface area (Å²) in [6.45, 7) is -0.0343. The minimum Gasteiger partial charge on any atom is -0.476 e. The third-order valence-electron chi connectivity index (χ3n) is 2.18. The predicted octanol–water partition coefficient (Wildman–Crippen LogP) is 1.46. The van der Waals surface area contributed by atoms with E-state index in [0.717, 1.165) is 11.8 Å². The van der Waals surface area contributed by atoms with E-state index in [1.54, 1.807) is 24.3 Å². The fraction of sp³-hybridized carbons (Fsp3) is 0.0833. The Morgan fingerprint density at radius 1 is 1.17 bits per heavy atom. The van der Waals surface area contributed by atoms with Crippen molar-refractivity contribution in [1.82, 2.24) is 9.97 Å². The van der Waals surface area contributed by atoms with Crippen LogP contribution in [0.2, 0.25) is 0 Å². The van der Waals surface area contributed by atoms with Crippen LogP contribution in [0.25, 0.3) is 0 Å². The first-order valence-corrected chi connectivity index (χ1v) is 5.12. The zero-order chi connectivity index (χ0) is 13.0. The Labute approximate surface area is 103 Å². The molecule has 6 nitrogen and oxygen atoms in total. The quantitative estimate of drug-likeness (QED) is 0.848. The molecular weight excluding hydrogens is 236 g/mol. The summed E-state index contributed by atoms with van der Waals surface area (Å²) in [5.41, 5.74) is 0.632. The standard InChI is InChI=1S/C12H10N2O4/c15-7-8-1-3-9(4-2-8)18-11-6-13-10(5-14-11)12(16)17/h1-6,15H,7H2,(H,16,17). The van der Waals surface area contributed by atoms with Crippen molar-refractivity contribution in [1.29, 1.82) is 0 Å². The number of ether oxygens (including phenoxy) is 1. The maximum Gasteiger partial charge on any atom is 0.356 e. The van der Waals surface area contributed by atoms with Gasteiger partial charge in [0.1, 0.15) is 5.75 Å². The number of hydrogen-bond donors (Lipinski definition) is 2. The van der Waals surface area contributed by atoms with Gasteiger partial charge >= 0.3 is 5.97 Å². The number of aromatic nitrogens is 2. The highest BCUT2D eigenvalue weighted by molar-refractivity contribution is 5.84. The van der Waals surface area contributed by atoms with Gasteiger partial charge in [-0.3, -0.25) is 0 Å². The average molecular weight is 246 g/mol. The maximum absolute atomic E-state index is 10.6. The zero-order valence-electron chi connectivity index (χ0n) is 9.28. The molecule has 2 rings (SSSR count). The summed E-state index contributed by atoms with van der Waals surface area (Å²) in [6.07, 6.45) is 2.36. The van der Waals surface area contributed by atoms with Crippen molar-refractivity contribution >= 4 is 5.97 Å². The third kappa shape index (κ3) is 2.80. The third-order valence-corrected chi connectivity index (χ3v) is 2.18. The molecule has 0 spiro atoms. The molecule has 18 heavy (non-hydrogen) atoms. The number of aliphatic hydroxyl groups is 1. The van der Waals surface area contributed by atoms with E-state index < -0.39 is 5.97 Å². The number of aromatic carboxylic acids is 1. The molecule has 0 bridgehead atoms. The lowest BCUT2D eigenvalue weighted by Crippen LogP contribution is -2.01. The molecular formula is C12H10N2O4. The van der Waals surface area contributed by atoms with Crippen LogP contribution in [0.5, 0.6) is 11.6 Å². The van der Waals surface area contributed by atoms with E-state index in [0.29, 0.717) is 5.75 Å². The SMILES string of the molecule is O=C(O)c1cnc(Oc2ccc(CO)cc2)cn1. The van der Waals surface area contributed by atoms with Crippen molar-refractivity contribution in [3.63, 3.8) is 0 Å². The average Bonchev–Trinajstić information content (AvgIpc) is 2.40. The molecule has 2 aromatic rings. The van der Waals surface area contributed by atoms with Crippen LogP contribution >= 0.6 is 0 Å². The molecule has 0 aliphatic carbocycles. The van der Waals surface area contributed by atoms with E-state index in [2.05, 4.69) is 9.97 Å². The molecule has 1 heterocycles. The van der Waals surface area contributed by atoms with Crippen molar-refractivity contribution < 1.29 is 19.7 Å². The van der Waals surface area contributed by atoms with Crippen molar-refractivity contribution in [3.05, 3.63) is 47.9 Å². The first-order chi connectivity index (χ1) is 8.69. The molecule has 92 valence electrons. The molecule has 0 unspecified atom stereocenters. The second-order valence-corrected chi connectivity index (χ2v) is 3.45. The van der Waals surface area contributed by atoms with Crippen molar-refractivity contribution in [2.45, 2.75) is 6.61 Å². The lowest BCUT2D eigenvalue weighted by atomic mass is 10.2. The normalized spacial score (nSPS) is 10.1. The summed E-state index contributed by atoms with van der Waals surface area (Å²) in [4.78, 5) is 18.1. The van der Waals surface area contributed by atoms with E-state index in [4.69, 9.17) is 14.9 Å². The number of nitrogens with zero attached hydrogens (tertiary/aromatic N) is 2. The van der Waals surface area contributed by atoms with Crippen molar-refractivity contribution in [2.24, 2.45) is 0 Å². The molecule has 1 aromatic heterocycles. The smallest absolute Gasteiger partial charge is 0.356 e. The maximum atomic E-state index is 10.6. The number of aliphatic hydroxyl groups excluding tert-OH is 1. The molecule has 0 atom stereocenters. The van der Waals surface area contributed by atoms with Crippen LogP contribution < -0.4 is 4.74 Å². The van der Waals surface area contributed by atoms with Gasteiger partial charge in [-0.2, -0.15) is 0 Å². The predicted molar refractivity (Wildman–Crippen MR) is 61.4 cm³/mol. The second-order valence-electron chi connectivity index (χ2n) is 3.45. The van der Waals surface area contributed by atoms with Crippen LogP contribution in [-0.2, 0) is 6.61 Å². The molecule has 0 aliphatic rings. The number of hydrogen-bond acceptors (Lipinski definition) is 5. The molecule has 0 saturated carbocycles. The Balaban J connectivity index is 2.10. The Morgan fingerprint density at radius 3 is 2.39 bits per heavy atom. The lowest BCUT2D eigenvalue weighted by Gasteiger charge is -2.04. The summed E-state index contributed by atoms with van der Waals surface area (Å²) >= 11 is 0. The molecule has 0 aliphatic heterocycles. The van der Waals surface area contributed by atoms with Crippen molar-refractivity contribution in [2.75, 3.05) is 0 Å². The largest absolute Gasteiger partial charge is 0.476 e. The number of benzene rings is 1. The number of rotatable bonds is 4. The Hall–Kier alpha value is -2.47. The fourth-order valence-corrected chi connectivity index (χ4v) is 1.26. The van der Waals surface area contributed by atoms with Gasteiger partial charge in [0.05, 0.1) is 19.0 Å². The number of carboxylic acid groups (broad SMARTS) is 1. The van der Waals surface area contributed by atoms with Gasteiger partial charge in [0.2, 0.25) is 5.88 Å². The molecule has 6 heteroatoms. The zero-order valence-corrected chi connectivity index (χ0v) is 9.28. The highest BCUT2D eigenvalue weighted by Crippen LogP contribution is 2.18. The minimum absolute atomic E-state index is 0.0343. The Morgan fingerprint density at radius 2 is 1.89 bits per heavy atom. The van der Waals surface area contributed by atoms with Crippen LogP contribution in [0.4, 0.5) is 0 Å². The van der Waals surface area contributed by atoms with Crippen LogP contribution in [-0.4, -0.2) is 26.2 Å². The van der Waals surface area contributed by atoms with E-state index in [-0.39, 0.29) is 18.2 Å². The van der Waals surface area contributed by atoms with Crippen LogP contribution in [0.15, 0.2) is 36.7 Å².